The maximum atomic E-state index is 2.49. The predicted molar refractivity (Wildman–Crippen MR) is 183 cm³/mol. The first-order valence-electron chi connectivity index (χ1n) is 15.0. The number of rotatable bonds is 2. The van der Waals surface area contributed by atoms with Crippen molar-refractivity contribution in [3.8, 4) is 39.1 Å². The number of para-hydroxylation sites is 1. The molecule has 1 heteroatoms. The van der Waals surface area contributed by atoms with Gasteiger partial charge in [-0.2, -0.15) is 0 Å². The second kappa shape index (κ2) is 8.44. The fraction of sp³-hybridized carbons (Fsp3) is 0. The molecule has 0 radical (unpaired) electrons. The molecule has 1 aliphatic rings. The van der Waals surface area contributed by atoms with Crippen molar-refractivity contribution in [1.29, 1.82) is 0 Å². The summed E-state index contributed by atoms with van der Waals surface area (Å²) in [5, 5.41) is 10.3. The van der Waals surface area contributed by atoms with Crippen LogP contribution in [0, 0.1) is 0 Å². The molecule has 0 saturated carbocycles. The Hall–Kier alpha value is -5.66. The Balaban J connectivity index is 1.33. The predicted octanol–water partition coefficient (Wildman–Crippen LogP) is 11.6. The van der Waals surface area contributed by atoms with Gasteiger partial charge < -0.3 is 4.57 Å². The number of nitrogens with zero attached hydrogens (tertiary/aromatic N) is 1. The first-order valence-corrected chi connectivity index (χ1v) is 15.0. The van der Waals surface area contributed by atoms with Crippen LogP contribution in [0.25, 0.3) is 93.2 Å². The van der Waals surface area contributed by atoms with E-state index in [0.29, 0.717) is 0 Å². The molecule has 0 atom stereocenters. The van der Waals surface area contributed by atoms with E-state index in [9.17, 15) is 0 Å². The van der Waals surface area contributed by atoms with E-state index in [1.807, 2.05) is 0 Å². The molecule has 0 spiro atoms. The van der Waals surface area contributed by atoms with Crippen molar-refractivity contribution in [3.63, 3.8) is 0 Å². The summed E-state index contributed by atoms with van der Waals surface area (Å²) >= 11 is 0. The second-order valence-corrected chi connectivity index (χ2v) is 11.7. The van der Waals surface area contributed by atoms with Gasteiger partial charge in [-0.15, -0.1) is 0 Å². The lowest BCUT2D eigenvalue weighted by molar-refractivity contribution is 1.19. The van der Waals surface area contributed by atoms with Crippen LogP contribution in [0.3, 0.4) is 0 Å². The molecule has 0 fully saturated rings. The lowest BCUT2D eigenvalue weighted by atomic mass is 9.92. The van der Waals surface area contributed by atoms with Crippen molar-refractivity contribution in [3.05, 3.63) is 152 Å². The molecular formula is C42H25N. The van der Waals surface area contributed by atoms with Gasteiger partial charge >= 0.3 is 0 Å². The molecule has 1 aromatic heterocycles. The van der Waals surface area contributed by atoms with Gasteiger partial charge in [0.25, 0.3) is 0 Å². The molecule has 0 unspecified atom stereocenters. The molecule has 10 rings (SSSR count). The zero-order valence-corrected chi connectivity index (χ0v) is 23.4. The highest BCUT2D eigenvalue weighted by atomic mass is 15.0. The quantitative estimate of drug-likeness (QED) is 0.204. The molecule has 1 heterocycles. The third-order valence-corrected chi connectivity index (χ3v) is 9.48. The maximum absolute atomic E-state index is 2.49. The van der Waals surface area contributed by atoms with Crippen molar-refractivity contribution in [2.24, 2.45) is 0 Å². The van der Waals surface area contributed by atoms with Crippen LogP contribution in [0.4, 0.5) is 0 Å². The fourth-order valence-electron chi connectivity index (χ4n) is 7.69. The van der Waals surface area contributed by atoms with Gasteiger partial charge in [-0.3, -0.25) is 0 Å². The first kappa shape index (κ1) is 23.0. The number of hydrogen-bond acceptors (Lipinski definition) is 0. The summed E-state index contributed by atoms with van der Waals surface area (Å²) < 4.78 is 2.49. The van der Waals surface area contributed by atoms with Gasteiger partial charge in [-0.05, 0) is 79.2 Å². The maximum Gasteiger partial charge on any atom is 0.0619 e. The minimum absolute atomic E-state index is 1.18. The van der Waals surface area contributed by atoms with Gasteiger partial charge in [-0.25, -0.2) is 0 Å². The van der Waals surface area contributed by atoms with Gasteiger partial charge in [0.2, 0.25) is 0 Å². The van der Waals surface area contributed by atoms with E-state index in [1.54, 1.807) is 0 Å². The normalized spacial score (nSPS) is 12.2. The smallest absolute Gasteiger partial charge is 0.0619 e. The van der Waals surface area contributed by atoms with Crippen LogP contribution in [-0.4, -0.2) is 4.57 Å². The molecule has 1 aliphatic carbocycles. The molecule has 8 aromatic carbocycles. The molecular weight excluding hydrogens is 518 g/mol. The van der Waals surface area contributed by atoms with Crippen molar-refractivity contribution >= 4 is 54.1 Å². The van der Waals surface area contributed by atoms with Crippen molar-refractivity contribution < 1.29 is 0 Å². The SMILES string of the molecule is c1ccc(-n2c3c4ccccc4ccc3c3ccc4c(-c5cc6c7c(cccc7c5)-c5ccccc5-6)cccc4c32)cc1. The molecule has 9 aromatic rings. The van der Waals surface area contributed by atoms with E-state index in [-0.39, 0.29) is 0 Å². The average molecular weight is 544 g/mol. The van der Waals surface area contributed by atoms with Crippen LogP contribution in [0.1, 0.15) is 0 Å². The molecule has 0 aliphatic heterocycles. The van der Waals surface area contributed by atoms with Gasteiger partial charge in [0.05, 0.1) is 11.0 Å². The van der Waals surface area contributed by atoms with Gasteiger partial charge in [0, 0.05) is 27.2 Å². The Morgan fingerprint density at radius 3 is 1.79 bits per heavy atom. The highest BCUT2D eigenvalue weighted by molar-refractivity contribution is 6.25. The zero-order valence-electron chi connectivity index (χ0n) is 23.4. The van der Waals surface area contributed by atoms with Crippen molar-refractivity contribution in [1.82, 2.24) is 4.57 Å². The van der Waals surface area contributed by atoms with E-state index in [2.05, 4.69) is 156 Å². The number of hydrogen-bond donors (Lipinski definition) is 0. The third-order valence-electron chi connectivity index (χ3n) is 9.48. The van der Waals surface area contributed by atoms with Crippen LogP contribution in [0.5, 0.6) is 0 Å². The van der Waals surface area contributed by atoms with Crippen molar-refractivity contribution in [2.75, 3.05) is 0 Å². The highest BCUT2D eigenvalue weighted by Crippen LogP contribution is 2.49. The summed E-state index contributed by atoms with van der Waals surface area (Å²) in [6.45, 7) is 0. The summed E-state index contributed by atoms with van der Waals surface area (Å²) in [6, 6.07) is 56.0. The van der Waals surface area contributed by atoms with Gasteiger partial charge in [0.1, 0.15) is 0 Å². The number of fused-ring (bicyclic) bond motifs is 10. The Morgan fingerprint density at radius 2 is 0.907 bits per heavy atom. The summed E-state index contributed by atoms with van der Waals surface area (Å²) in [4.78, 5) is 0. The van der Waals surface area contributed by atoms with Crippen LogP contribution in [-0.2, 0) is 0 Å². The number of benzene rings is 8. The average Bonchev–Trinajstić information content (AvgIpc) is 3.59. The summed E-state index contributed by atoms with van der Waals surface area (Å²) in [6.07, 6.45) is 0. The molecule has 0 saturated heterocycles. The number of aromatic nitrogens is 1. The van der Waals surface area contributed by atoms with E-state index in [0.717, 1.165) is 0 Å². The molecule has 0 amide bonds. The van der Waals surface area contributed by atoms with Crippen molar-refractivity contribution in [2.45, 2.75) is 0 Å². The largest absolute Gasteiger partial charge is 0.308 e. The topological polar surface area (TPSA) is 4.93 Å². The van der Waals surface area contributed by atoms with Crippen LogP contribution in [0.15, 0.2) is 152 Å². The standard InChI is InChI=1S/C42H25N/c1-2-12-29(13-3-1)43-41-31-14-5-4-10-26(31)20-21-37(41)38-23-22-34-30(17-9-19-36(34)42(38)43)28-24-27-11-8-18-35-32-15-6-7-16-33(32)39(25-28)40(27)35/h1-25H. The lowest BCUT2D eigenvalue weighted by Crippen LogP contribution is -1.95. The van der Waals surface area contributed by atoms with Crippen LogP contribution >= 0.6 is 0 Å². The van der Waals surface area contributed by atoms with E-state index < -0.39 is 0 Å². The minimum Gasteiger partial charge on any atom is -0.308 e. The highest BCUT2D eigenvalue weighted by Gasteiger charge is 2.23. The Labute approximate surface area is 248 Å². The van der Waals surface area contributed by atoms with Crippen LogP contribution < -0.4 is 0 Å². The summed E-state index contributed by atoms with van der Waals surface area (Å²) in [5.41, 5.74) is 11.6. The van der Waals surface area contributed by atoms with Crippen LogP contribution in [0.2, 0.25) is 0 Å². The molecule has 198 valence electrons. The fourth-order valence-corrected chi connectivity index (χ4v) is 7.69. The van der Waals surface area contributed by atoms with Gasteiger partial charge in [-0.1, -0.05) is 127 Å². The molecule has 43 heavy (non-hydrogen) atoms. The second-order valence-electron chi connectivity index (χ2n) is 11.7. The summed E-state index contributed by atoms with van der Waals surface area (Å²) in [5.74, 6) is 0. The van der Waals surface area contributed by atoms with Gasteiger partial charge in [0.15, 0.2) is 0 Å². The van der Waals surface area contributed by atoms with E-state index >= 15 is 0 Å². The third kappa shape index (κ3) is 3.06. The first-order chi connectivity index (χ1) is 21.3. The monoisotopic (exact) mass is 543 g/mol. The lowest BCUT2D eigenvalue weighted by Gasteiger charge is -2.14. The molecule has 1 nitrogen and oxygen atoms in total. The van der Waals surface area contributed by atoms with E-state index in [1.165, 1.54) is 93.2 Å². The molecule has 0 N–H and O–H groups in total. The minimum atomic E-state index is 1.18. The Kier molecular flexibility index (Phi) is 4.51. The Bertz CT molecular complexity index is 2600. The Morgan fingerprint density at radius 1 is 0.326 bits per heavy atom. The van der Waals surface area contributed by atoms with E-state index in [4.69, 9.17) is 0 Å². The zero-order chi connectivity index (χ0) is 28.1. The summed E-state index contributed by atoms with van der Waals surface area (Å²) in [7, 11) is 0. The molecule has 0 bridgehead atoms.